The van der Waals surface area contributed by atoms with Crippen LogP contribution in [0.4, 0.5) is 5.00 Å². The first-order chi connectivity index (χ1) is 17.1. The summed E-state index contributed by atoms with van der Waals surface area (Å²) in [6, 6.07) is 8.42. The van der Waals surface area contributed by atoms with E-state index in [1.54, 1.807) is 44.2 Å². The molecule has 0 bridgehead atoms. The van der Waals surface area contributed by atoms with Gasteiger partial charge in [0.25, 0.3) is 0 Å². The lowest BCUT2D eigenvalue weighted by Crippen LogP contribution is -2.33. The normalized spacial score (nSPS) is 10.8. The topological polar surface area (TPSA) is 107 Å². The zero-order chi connectivity index (χ0) is 26.4. The Hall–Kier alpha value is -3.18. The molecule has 0 aliphatic heterocycles. The van der Waals surface area contributed by atoms with E-state index in [4.69, 9.17) is 49.3 Å². The first kappa shape index (κ1) is 27.4. The number of furan rings is 1. The number of thiophene rings is 1. The van der Waals surface area contributed by atoms with Crippen LogP contribution in [0.15, 0.2) is 40.8 Å². The second-order valence-electron chi connectivity index (χ2n) is 7.08. The predicted molar refractivity (Wildman–Crippen MR) is 144 cm³/mol. The minimum Gasteiger partial charge on any atom is -0.465 e. The van der Waals surface area contributed by atoms with E-state index in [-0.39, 0.29) is 27.2 Å². The Kier molecular flexibility index (Phi) is 9.27. The average molecular weight is 567 g/mol. The highest BCUT2D eigenvalue weighted by molar-refractivity contribution is 7.80. The summed E-state index contributed by atoms with van der Waals surface area (Å²) < 4.78 is 15.6. The number of anilines is 1. The van der Waals surface area contributed by atoms with E-state index in [9.17, 15) is 14.4 Å². The van der Waals surface area contributed by atoms with Crippen molar-refractivity contribution < 1.29 is 28.3 Å². The Bertz CT molecular complexity index is 1360. The van der Waals surface area contributed by atoms with Crippen LogP contribution in [0, 0.1) is 6.92 Å². The molecule has 0 saturated heterocycles. The van der Waals surface area contributed by atoms with E-state index in [1.165, 1.54) is 19.3 Å². The van der Waals surface area contributed by atoms with E-state index in [0.29, 0.717) is 32.7 Å². The molecular formula is C24H20Cl2N2O6S2. The summed E-state index contributed by atoms with van der Waals surface area (Å²) >= 11 is 18.3. The zero-order valence-electron chi connectivity index (χ0n) is 19.3. The Morgan fingerprint density at radius 1 is 1.17 bits per heavy atom. The average Bonchev–Trinajstić information content (AvgIpc) is 3.41. The van der Waals surface area contributed by atoms with Gasteiger partial charge in [-0.1, -0.05) is 23.2 Å². The molecule has 1 aromatic carbocycles. The predicted octanol–water partition coefficient (Wildman–Crippen LogP) is 6.11. The standard InChI is InChI=1S/C24H20Cl2N2O6S2/c1-4-33-22(30)19-12(2)20(23(31)32-3)36-21(19)28-24(35)27-18(29)10-7-14-6-9-17(34-14)15-8-5-13(25)11-16(15)26/h5-11H,4H2,1-3H3,(H2,27,28,29,35)/b10-7+. The first-order valence-electron chi connectivity index (χ1n) is 10.4. The van der Waals surface area contributed by atoms with Crippen LogP contribution in [0.1, 0.15) is 38.3 Å². The molecule has 8 nitrogen and oxygen atoms in total. The molecular weight excluding hydrogens is 547 g/mol. The van der Waals surface area contributed by atoms with Crippen LogP contribution in [0.5, 0.6) is 0 Å². The van der Waals surface area contributed by atoms with Gasteiger partial charge in [0.05, 0.1) is 24.3 Å². The summed E-state index contributed by atoms with van der Waals surface area (Å²) in [6.07, 6.45) is 2.69. The Balaban J connectivity index is 1.69. The molecule has 1 amide bonds. The summed E-state index contributed by atoms with van der Waals surface area (Å²) in [4.78, 5) is 37.1. The van der Waals surface area contributed by atoms with E-state index < -0.39 is 17.8 Å². The van der Waals surface area contributed by atoms with Gasteiger partial charge < -0.3 is 19.2 Å². The van der Waals surface area contributed by atoms with Gasteiger partial charge in [0, 0.05) is 16.7 Å². The van der Waals surface area contributed by atoms with Crippen molar-refractivity contribution in [2.45, 2.75) is 13.8 Å². The quantitative estimate of drug-likeness (QED) is 0.200. The maximum atomic E-state index is 12.4. The highest BCUT2D eigenvalue weighted by atomic mass is 35.5. The Morgan fingerprint density at radius 2 is 1.92 bits per heavy atom. The third kappa shape index (κ3) is 6.52. The molecule has 0 aliphatic rings. The number of hydrogen-bond donors (Lipinski definition) is 2. The molecule has 188 valence electrons. The van der Waals surface area contributed by atoms with Crippen LogP contribution in [0.2, 0.25) is 10.0 Å². The Morgan fingerprint density at radius 3 is 2.58 bits per heavy atom. The second-order valence-corrected chi connectivity index (χ2v) is 9.35. The summed E-state index contributed by atoms with van der Waals surface area (Å²) in [7, 11) is 1.24. The molecule has 3 aromatic rings. The van der Waals surface area contributed by atoms with Gasteiger partial charge in [0.1, 0.15) is 21.4 Å². The van der Waals surface area contributed by atoms with Crippen molar-refractivity contribution in [2.24, 2.45) is 0 Å². The number of halogens is 2. The molecule has 12 heteroatoms. The molecule has 36 heavy (non-hydrogen) atoms. The monoisotopic (exact) mass is 566 g/mol. The van der Waals surface area contributed by atoms with E-state index in [1.807, 2.05) is 0 Å². The zero-order valence-corrected chi connectivity index (χ0v) is 22.4. The van der Waals surface area contributed by atoms with Crippen LogP contribution < -0.4 is 10.6 Å². The van der Waals surface area contributed by atoms with E-state index in [2.05, 4.69) is 10.6 Å². The minimum absolute atomic E-state index is 0.0825. The number of benzene rings is 1. The fourth-order valence-electron chi connectivity index (χ4n) is 3.06. The highest BCUT2D eigenvalue weighted by Gasteiger charge is 2.26. The lowest BCUT2D eigenvalue weighted by molar-refractivity contribution is -0.115. The SMILES string of the molecule is CCOC(=O)c1c(NC(=S)NC(=O)/C=C/c2ccc(-c3ccc(Cl)cc3Cl)o2)sc(C(=O)OC)c1C. The van der Waals surface area contributed by atoms with Crippen LogP contribution in [0.25, 0.3) is 17.4 Å². The second kappa shape index (κ2) is 12.2. The molecule has 0 unspecified atom stereocenters. The van der Waals surface area contributed by atoms with Crippen LogP contribution in [-0.4, -0.2) is 36.7 Å². The fourth-order valence-corrected chi connectivity index (χ4v) is 4.95. The van der Waals surface area contributed by atoms with Crippen LogP contribution in [-0.2, 0) is 14.3 Å². The lowest BCUT2D eigenvalue weighted by Gasteiger charge is -2.09. The number of amides is 1. The van der Waals surface area contributed by atoms with Crippen LogP contribution in [0.3, 0.4) is 0 Å². The summed E-state index contributed by atoms with van der Waals surface area (Å²) in [6.45, 7) is 3.41. The van der Waals surface area contributed by atoms with Gasteiger partial charge >= 0.3 is 11.9 Å². The number of ether oxygens (including phenoxy) is 2. The third-order valence-corrected chi connectivity index (χ3v) is 6.62. The summed E-state index contributed by atoms with van der Waals surface area (Å²) in [5, 5.41) is 6.36. The van der Waals surface area contributed by atoms with Gasteiger partial charge in [0.2, 0.25) is 5.91 Å². The molecule has 0 atom stereocenters. The van der Waals surface area contributed by atoms with Crippen molar-refractivity contribution in [1.29, 1.82) is 0 Å². The van der Waals surface area contributed by atoms with Crippen molar-refractivity contribution in [3.05, 3.63) is 68.2 Å². The number of methoxy groups -OCH3 is 1. The van der Waals surface area contributed by atoms with Gasteiger partial charge in [0.15, 0.2) is 5.11 Å². The smallest absolute Gasteiger partial charge is 0.348 e. The van der Waals surface area contributed by atoms with Crippen molar-refractivity contribution in [2.75, 3.05) is 19.0 Å². The van der Waals surface area contributed by atoms with Gasteiger partial charge in [-0.15, -0.1) is 11.3 Å². The molecule has 2 aromatic heterocycles. The maximum Gasteiger partial charge on any atom is 0.348 e. The molecule has 3 rings (SSSR count). The lowest BCUT2D eigenvalue weighted by atomic mass is 10.1. The number of nitrogens with one attached hydrogen (secondary N) is 2. The van der Waals surface area contributed by atoms with E-state index >= 15 is 0 Å². The van der Waals surface area contributed by atoms with E-state index in [0.717, 1.165) is 11.3 Å². The molecule has 0 fully saturated rings. The van der Waals surface area contributed by atoms with Crippen molar-refractivity contribution >= 4 is 80.8 Å². The Labute approximate surface area is 226 Å². The number of rotatable bonds is 7. The van der Waals surface area contributed by atoms with Crippen molar-refractivity contribution in [3.63, 3.8) is 0 Å². The van der Waals surface area contributed by atoms with Gasteiger partial charge in [-0.25, -0.2) is 9.59 Å². The molecule has 0 aliphatic carbocycles. The fraction of sp³-hybridized carbons (Fsp3) is 0.167. The highest BCUT2D eigenvalue weighted by Crippen LogP contribution is 2.34. The van der Waals surface area contributed by atoms with Crippen molar-refractivity contribution in [3.8, 4) is 11.3 Å². The number of hydrogen-bond acceptors (Lipinski definition) is 8. The number of carbonyl (C=O) groups is 3. The number of thiocarbonyl (C=S) groups is 1. The number of esters is 2. The van der Waals surface area contributed by atoms with Gasteiger partial charge in [-0.2, -0.15) is 0 Å². The summed E-state index contributed by atoms with van der Waals surface area (Å²) in [5.41, 5.74) is 1.18. The van der Waals surface area contributed by atoms with Crippen molar-refractivity contribution in [1.82, 2.24) is 5.32 Å². The number of carbonyl (C=O) groups excluding carboxylic acids is 3. The molecule has 0 saturated carbocycles. The molecule has 2 heterocycles. The first-order valence-corrected chi connectivity index (χ1v) is 12.4. The maximum absolute atomic E-state index is 12.4. The molecule has 0 spiro atoms. The molecule has 0 radical (unpaired) electrons. The van der Waals surface area contributed by atoms with Crippen LogP contribution >= 0.6 is 46.8 Å². The summed E-state index contributed by atoms with van der Waals surface area (Å²) in [5.74, 6) is -0.866. The largest absolute Gasteiger partial charge is 0.465 e. The third-order valence-electron chi connectivity index (χ3n) is 4.68. The van der Waals surface area contributed by atoms with Gasteiger partial charge in [-0.3, -0.25) is 10.1 Å². The van der Waals surface area contributed by atoms with Gasteiger partial charge in [-0.05, 0) is 68.0 Å². The molecule has 2 N–H and O–H groups in total. The minimum atomic E-state index is -0.632.